The number of pyridine rings is 1. The van der Waals surface area contributed by atoms with Crippen LogP contribution in [0, 0.1) is 0 Å². The zero-order valence-electron chi connectivity index (χ0n) is 12.2. The van der Waals surface area contributed by atoms with Gasteiger partial charge in [0.15, 0.2) is 0 Å². The second kappa shape index (κ2) is 5.34. The Labute approximate surface area is 125 Å². The molecule has 1 aliphatic rings. The van der Waals surface area contributed by atoms with Crippen molar-refractivity contribution in [3.8, 4) is 0 Å². The number of aromatic amines is 1. The van der Waals surface area contributed by atoms with Crippen LogP contribution in [0.5, 0.6) is 0 Å². The highest BCUT2D eigenvalue weighted by Crippen LogP contribution is 2.36. The number of anilines is 1. The molecular formula is C16H17F3N2O. The average molecular weight is 310 g/mol. The Kier molecular flexibility index (Phi) is 3.62. The van der Waals surface area contributed by atoms with Gasteiger partial charge < -0.3 is 10.3 Å². The molecule has 0 saturated carbocycles. The smallest absolute Gasteiger partial charge is 0.382 e. The SMILES string of the molecule is CCC[C@@H]1CCc2cc3c(C(F)(F)F)cc(=O)[nH]c3cc2N1. The van der Waals surface area contributed by atoms with Crippen LogP contribution >= 0.6 is 0 Å². The van der Waals surface area contributed by atoms with Crippen LogP contribution in [0.15, 0.2) is 23.0 Å². The van der Waals surface area contributed by atoms with Gasteiger partial charge in [-0.1, -0.05) is 13.3 Å². The number of rotatable bonds is 2. The molecule has 6 heteroatoms. The molecule has 22 heavy (non-hydrogen) atoms. The third-order valence-electron chi connectivity index (χ3n) is 4.13. The first-order chi connectivity index (χ1) is 10.4. The number of alkyl halides is 3. The highest BCUT2D eigenvalue weighted by atomic mass is 19.4. The number of halogens is 3. The van der Waals surface area contributed by atoms with Gasteiger partial charge in [-0.25, -0.2) is 0 Å². The number of fused-ring (bicyclic) bond motifs is 2. The number of nitrogens with one attached hydrogen (secondary N) is 2. The largest absolute Gasteiger partial charge is 0.417 e. The number of hydrogen-bond donors (Lipinski definition) is 2. The van der Waals surface area contributed by atoms with Crippen molar-refractivity contribution < 1.29 is 13.2 Å². The van der Waals surface area contributed by atoms with Crippen LogP contribution < -0.4 is 10.9 Å². The molecule has 3 nitrogen and oxygen atoms in total. The predicted molar refractivity (Wildman–Crippen MR) is 80.2 cm³/mol. The van der Waals surface area contributed by atoms with Gasteiger partial charge in [0, 0.05) is 23.2 Å². The fraction of sp³-hybridized carbons (Fsp3) is 0.438. The quantitative estimate of drug-likeness (QED) is 0.878. The van der Waals surface area contributed by atoms with E-state index < -0.39 is 17.3 Å². The topological polar surface area (TPSA) is 44.9 Å². The summed E-state index contributed by atoms with van der Waals surface area (Å²) in [6, 6.07) is 4.15. The average Bonchev–Trinajstić information content (AvgIpc) is 2.43. The van der Waals surface area contributed by atoms with Gasteiger partial charge in [-0.05, 0) is 37.0 Å². The molecule has 1 atom stereocenters. The molecule has 0 unspecified atom stereocenters. The summed E-state index contributed by atoms with van der Waals surface area (Å²) in [7, 11) is 0. The Bertz CT molecular complexity index is 764. The number of benzene rings is 1. The molecule has 1 aliphatic heterocycles. The molecular weight excluding hydrogens is 293 g/mol. The van der Waals surface area contributed by atoms with E-state index in [2.05, 4.69) is 17.2 Å². The van der Waals surface area contributed by atoms with Gasteiger partial charge in [0.1, 0.15) is 0 Å². The van der Waals surface area contributed by atoms with Crippen LogP contribution in [0.25, 0.3) is 10.9 Å². The monoisotopic (exact) mass is 310 g/mol. The van der Waals surface area contributed by atoms with Gasteiger partial charge in [-0.3, -0.25) is 4.79 Å². The normalized spacial score (nSPS) is 18.1. The summed E-state index contributed by atoms with van der Waals surface area (Å²) in [6.07, 6.45) is -0.795. The van der Waals surface area contributed by atoms with Crippen molar-refractivity contribution in [2.75, 3.05) is 5.32 Å². The fourth-order valence-corrected chi connectivity index (χ4v) is 3.11. The standard InChI is InChI=1S/C16H17F3N2O/c1-2-3-10-5-4-9-6-11-12(16(17,18)19)7-15(22)21-14(11)8-13(9)20-10/h6-8,10,20H,2-5H2,1H3,(H,21,22)/t10-/m1/s1. The van der Waals surface area contributed by atoms with Gasteiger partial charge in [0.05, 0.1) is 11.1 Å². The first-order valence-electron chi connectivity index (χ1n) is 7.42. The van der Waals surface area contributed by atoms with E-state index in [4.69, 9.17) is 0 Å². The van der Waals surface area contributed by atoms with E-state index in [-0.39, 0.29) is 10.9 Å². The minimum Gasteiger partial charge on any atom is -0.382 e. The molecule has 0 aliphatic carbocycles. The molecule has 0 fully saturated rings. The molecule has 3 rings (SSSR count). The van der Waals surface area contributed by atoms with Crippen LogP contribution in [0.1, 0.15) is 37.3 Å². The molecule has 0 spiro atoms. The molecule has 2 heterocycles. The number of aryl methyl sites for hydroxylation is 1. The first kappa shape index (κ1) is 14.9. The van der Waals surface area contributed by atoms with Gasteiger partial charge in [-0.15, -0.1) is 0 Å². The van der Waals surface area contributed by atoms with Crippen molar-refractivity contribution in [3.05, 3.63) is 39.7 Å². The van der Waals surface area contributed by atoms with Crippen LogP contribution in [0.2, 0.25) is 0 Å². The molecule has 0 saturated heterocycles. The number of H-pyrrole nitrogens is 1. The lowest BCUT2D eigenvalue weighted by atomic mass is 9.93. The molecule has 1 aromatic carbocycles. The Balaban J connectivity index is 2.15. The lowest BCUT2D eigenvalue weighted by molar-refractivity contribution is -0.136. The summed E-state index contributed by atoms with van der Waals surface area (Å²) in [5.41, 5.74) is 0.318. The van der Waals surface area contributed by atoms with Crippen molar-refractivity contribution in [3.63, 3.8) is 0 Å². The lowest BCUT2D eigenvalue weighted by Crippen LogP contribution is -2.25. The zero-order chi connectivity index (χ0) is 15.9. The van der Waals surface area contributed by atoms with Gasteiger partial charge in [0.2, 0.25) is 5.56 Å². The zero-order valence-corrected chi connectivity index (χ0v) is 12.2. The summed E-state index contributed by atoms with van der Waals surface area (Å²) in [6.45, 7) is 2.10. The molecule has 1 aromatic heterocycles. The van der Waals surface area contributed by atoms with Gasteiger partial charge in [0.25, 0.3) is 0 Å². The highest BCUT2D eigenvalue weighted by molar-refractivity contribution is 5.87. The molecule has 0 radical (unpaired) electrons. The van der Waals surface area contributed by atoms with Crippen LogP contribution in [-0.4, -0.2) is 11.0 Å². The maximum absolute atomic E-state index is 13.1. The Morgan fingerprint density at radius 3 is 2.73 bits per heavy atom. The van der Waals surface area contributed by atoms with Crippen molar-refractivity contribution in [2.45, 2.75) is 44.8 Å². The minimum atomic E-state index is -4.53. The van der Waals surface area contributed by atoms with E-state index in [0.29, 0.717) is 12.1 Å². The minimum absolute atomic E-state index is 0.0570. The van der Waals surface area contributed by atoms with Gasteiger partial charge in [-0.2, -0.15) is 13.2 Å². The summed E-state index contributed by atoms with van der Waals surface area (Å²) in [5, 5.41) is 3.42. The Morgan fingerprint density at radius 2 is 2.05 bits per heavy atom. The lowest BCUT2D eigenvalue weighted by Gasteiger charge is -2.27. The van der Waals surface area contributed by atoms with E-state index in [9.17, 15) is 18.0 Å². The van der Waals surface area contributed by atoms with E-state index >= 15 is 0 Å². The molecule has 0 bridgehead atoms. The molecule has 0 amide bonds. The fourth-order valence-electron chi connectivity index (χ4n) is 3.11. The summed E-state index contributed by atoms with van der Waals surface area (Å²) in [4.78, 5) is 14.0. The predicted octanol–water partition coefficient (Wildman–Crippen LogP) is 4.07. The summed E-state index contributed by atoms with van der Waals surface area (Å²) in [5.74, 6) is 0. The Morgan fingerprint density at radius 1 is 1.27 bits per heavy atom. The second-order valence-corrected chi connectivity index (χ2v) is 5.77. The van der Waals surface area contributed by atoms with E-state index in [0.717, 1.165) is 36.9 Å². The van der Waals surface area contributed by atoms with Crippen LogP contribution in [0.3, 0.4) is 0 Å². The maximum Gasteiger partial charge on any atom is 0.417 e. The third kappa shape index (κ3) is 2.69. The van der Waals surface area contributed by atoms with Crippen molar-refractivity contribution in [1.29, 1.82) is 0 Å². The molecule has 2 aromatic rings. The van der Waals surface area contributed by atoms with E-state index in [1.165, 1.54) is 0 Å². The summed E-state index contributed by atoms with van der Waals surface area (Å²) < 4.78 is 39.4. The number of hydrogen-bond acceptors (Lipinski definition) is 2. The Hall–Kier alpha value is -1.98. The van der Waals surface area contributed by atoms with E-state index in [1.807, 2.05) is 0 Å². The molecule has 118 valence electrons. The maximum atomic E-state index is 13.1. The second-order valence-electron chi connectivity index (χ2n) is 5.77. The molecule has 2 N–H and O–H groups in total. The van der Waals surface area contributed by atoms with Crippen molar-refractivity contribution >= 4 is 16.6 Å². The van der Waals surface area contributed by atoms with Crippen LogP contribution in [0.4, 0.5) is 18.9 Å². The summed E-state index contributed by atoms with van der Waals surface area (Å²) >= 11 is 0. The van der Waals surface area contributed by atoms with Gasteiger partial charge >= 0.3 is 6.18 Å². The van der Waals surface area contributed by atoms with Crippen molar-refractivity contribution in [2.24, 2.45) is 0 Å². The number of aromatic nitrogens is 1. The third-order valence-corrected chi connectivity index (χ3v) is 4.13. The van der Waals surface area contributed by atoms with Crippen molar-refractivity contribution in [1.82, 2.24) is 4.98 Å². The van der Waals surface area contributed by atoms with E-state index in [1.54, 1.807) is 12.1 Å². The highest BCUT2D eigenvalue weighted by Gasteiger charge is 2.33. The first-order valence-corrected chi connectivity index (χ1v) is 7.42. The van der Waals surface area contributed by atoms with Crippen LogP contribution in [-0.2, 0) is 12.6 Å².